The molecule has 4 N–H and O–H groups in total. The monoisotopic (exact) mass is 528 g/mol. The van der Waals surface area contributed by atoms with Crippen molar-refractivity contribution >= 4 is 22.9 Å². The van der Waals surface area contributed by atoms with E-state index in [9.17, 15) is 9.59 Å². The number of carbonyl (C=O) groups is 2. The third kappa shape index (κ3) is 5.87. The number of nitrogen functional groups attached to an aromatic ring is 2. The fourth-order valence-corrected chi connectivity index (χ4v) is 4.13. The van der Waals surface area contributed by atoms with Crippen LogP contribution in [0.1, 0.15) is 43.0 Å². The molecule has 5 aromatic rings. The highest BCUT2D eigenvalue weighted by molar-refractivity contribution is 6.14. The second-order valence-electron chi connectivity index (χ2n) is 9.58. The minimum absolute atomic E-state index is 0.218. The van der Waals surface area contributed by atoms with Gasteiger partial charge in [0.25, 0.3) is 0 Å². The summed E-state index contributed by atoms with van der Waals surface area (Å²) in [5, 5.41) is 0. The maximum absolute atomic E-state index is 13.8. The topological polar surface area (TPSA) is 105 Å². The van der Waals surface area contributed by atoms with Crippen molar-refractivity contribution < 1.29 is 19.1 Å². The van der Waals surface area contributed by atoms with E-state index < -0.39 is 0 Å². The molecule has 6 nitrogen and oxygen atoms in total. The summed E-state index contributed by atoms with van der Waals surface area (Å²) in [5.74, 6) is 0.816. The van der Waals surface area contributed by atoms with Crippen LogP contribution < -0.4 is 20.9 Å². The van der Waals surface area contributed by atoms with Crippen LogP contribution in [0.2, 0.25) is 0 Å². The molecule has 0 bridgehead atoms. The van der Waals surface area contributed by atoms with E-state index in [1.165, 1.54) is 0 Å². The van der Waals surface area contributed by atoms with E-state index in [-0.39, 0.29) is 34.2 Å². The molecule has 0 radical (unpaired) electrons. The Morgan fingerprint density at radius 1 is 0.500 bits per heavy atom. The Hall–Kier alpha value is -5.36. The van der Waals surface area contributed by atoms with Crippen LogP contribution in [-0.2, 0) is 0 Å². The van der Waals surface area contributed by atoms with Crippen LogP contribution in [0.5, 0.6) is 23.0 Å². The lowest BCUT2D eigenvalue weighted by Crippen LogP contribution is -2.09. The largest absolute Gasteiger partial charge is 0.457 e. The molecule has 0 unspecified atom stereocenters. The Morgan fingerprint density at radius 3 is 1.15 bits per heavy atom. The molecule has 0 fully saturated rings. The number of anilines is 2. The Balaban J connectivity index is 1.68. The van der Waals surface area contributed by atoms with Crippen LogP contribution in [0.4, 0.5) is 11.4 Å². The number of carbonyl (C=O) groups excluding carboxylic acids is 2. The van der Waals surface area contributed by atoms with Gasteiger partial charge >= 0.3 is 0 Å². The second-order valence-corrected chi connectivity index (χ2v) is 9.58. The van der Waals surface area contributed by atoms with E-state index in [0.29, 0.717) is 34.0 Å². The van der Waals surface area contributed by atoms with Crippen molar-refractivity contribution in [1.82, 2.24) is 0 Å². The Labute approximate surface area is 232 Å². The number of aryl methyl sites for hydroxylation is 2. The summed E-state index contributed by atoms with van der Waals surface area (Å²) in [7, 11) is 0. The molecule has 0 aliphatic rings. The smallest absolute Gasteiger partial charge is 0.196 e. The average Bonchev–Trinajstić information content (AvgIpc) is 2.96. The molecule has 5 aromatic carbocycles. The molecule has 0 aliphatic heterocycles. The van der Waals surface area contributed by atoms with Gasteiger partial charge in [0, 0.05) is 22.5 Å². The zero-order valence-electron chi connectivity index (χ0n) is 22.2. The molecule has 198 valence electrons. The minimum atomic E-state index is -0.276. The molecule has 6 heteroatoms. The Bertz CT molecular complexity index is 1540. The summed E-state index contributed by atoms with van der Waals surface area (Å²) in [6.45, 7) is 3.90. The number of ketones is 2. The summed E-state index contributed by atoms with van der Waals surface area (Å²) < 4.78 is 12.4. The molecule has 0 saturated carbocycles. The van der Waals surface area contributed by atoms with E-state index in [0.717, 1.165) is 11.1 Å². The summed E-state index contributed by atoms with van der Waals surface area (Å²) in [5.41, 5.74) is 16.3. The van der Waals surface area contributed by atoms with Crippen molar-refractivity contribution in [2.24, 2.45) is 0 Å². The fraction of sp³-hybridized carbons (Fsp3) is 0.0588. The zero-order chi connectivity index (χ0) is 28.2. The van der Waals surface area contributed by atoms with Crippen LogP contribution in [0, 0.1) is 13.8 Å². The van der Waals surface area contributed by atoms with Gasteiger partial charge < -0.3 is 20.9 Å². The van der Waals surface area contributed by atoms with Crippen LogP contribution in [0.15, 0.2) is 109 Å². The Kier molecular flexibility index (Phi) is 7.33. The number of hydrogen-bond donors (Lipinski definition) is 2. The van der Waals surface area contributed by atoms with Gasteiger partial charge in [-0.15, -0.1) is 0 Å². The minimum Gasteiger partial charge on any atom is -0.457 e. The standard InChI is InChI=1S/C34H28N2O4/c1-21-3-7-23(8-4-21)33(37)29-19-32(40-28-17-13-26(36)14-18-28)30(34(38)24-9-5-22(2)6-10-24)20-31(29)39-27-15-11-25(35)12-16-27/h3-20H,35-36H2,1-2H3. The predicted molar refractivity (Wildman–Crippen MR) is 158 cm³/mol. The molecule has 5 rings (SSSR count). The van der Waals surface area contributed by atoms with E-state index in [1.54, 1.807) is 84.9 Å². The first-order valence-electron chi connectivity index (χ1n) is 12.7. The SMILES string of the molecule is Cc1ccc(C(=O)c2cc(Oc3ccc(N)cc3)c(C(=O)c3ccc(C)cc3)cc2Oc2ccc(N)cc2)cc1. The number of nitrogens with two attached hydrogens (primary N) is 2. The quantitative estimate of drug-likeness (QED) is 0.159. The molecular weight excluding hydrogens is 500 g/mol. The van der Waals surface area contributed by atoms with E-state index in [2.05, 4.69) is 0 Å². The maximum atomic E-state index is 13.8. The highest BCUT2D eigenvalue weighted by Crippen LogP contribution is 2.37. The van der Waals surface area contributed by atoms with Crippen molar-refractivity contribution in [3.05, 3.63) is 143 Å². The lowest BCUT2D eigenvalue weighted by molar-refractivity contribution is 0.102. The molecule has 0 heterocycles. The number of benzene rings is 5. The fourth-order valence-electron chi connectivity index (χ4n) is 4.13. The Morgan fingerprint density at radius 2 is 0.825 bits per heavy atom. The molecule has 0 aromatic heterocycles. The van der Waals surface area contributed by atoms with Gasteiger partial charge in [-0.2, -0.15) is 0 Å². The maximum Gasteiger partial charge on any atom is 0.196 e. The highest BCUT2D eigenvalue weighted by Gasteiger charge is 2.24. The first kappa shape index (κ1) is 26.3. The van der Waals surface area contributed by atoms with E-state index in [4.69, 9.17) is 20.9 Å². The second kappa shape index (κ2) is 11.2. The highest BCUT2D eigenvalue weighted by atomic mass is 16.5. The first-order valence-corrected chi connectivity index (χ1v) is 12.7. The average molecular weight is 529 g/mol. The third-order valence-electron chi connectivity index (χ3n) is 6.41. The summed E-state index contributed by atoms with van der Waals surface area (Å²) in [6, 6.07) is 31.3. The number of rotatable bonds is 8. The van der Waals surface area contributed by atoms with Gasteiger partial charge in [0.05, 0.1) is 11.1 Å². The normalized spacial score (nSPS) is 10.7. The molecule has 0 spiro atoms. The molecule has 0 aliphatic carbocycles. The van der Waals surface area contributed by atoms with Gasteiger partial charge in [-0.25, -0.2) is 0 Å². The lowest BCUT2D eigenvalue weighted by atomic mass is 9.95. The van der Waals surface area contributed by atoms with Crippen molar-refractivity contribution in [3.63, 3.8) is 0 Å². The number of hydrogen-bond acceptors (Lipinski definition) is 6. The summed E-state index contributed by atoms with van der Waals surface area (Å²) in [6.07, 6.45) is 0. The molecular formula is C34H28N2O4. The predicted octanol–water partition coefficient (Wildman–Crippen LogP) is 7.51. The van der Waals surface area contributed by atoms with Crippen LogP contribution in [-0.4, -0.2) is 11.6 Å². The van der Waals surface area contributed by atoms with E-state index in [1.807, 2.05) is 38.1 Å². The van der Waals surface area contributed by atoms with Gasteiger partial charge in [-0.1, -0.05) is 59.7 Å². The third-order valence-corrected chi connectivity index (χ3v) is 6.41. The van der Waals surface area contributed by atoms with Gasteiger partial charge in [0.15, 0.2) is 11.6 Å². The van der Waals surface area contributed by atoms with Crippen LogP contribution >= 0.6 is 0 Å². The summed E-state index contributed by atoms with van der Waals surface area (Å²) >= 11 is 0. The van der Waals surface area contributed by atoms with Gasteiger partial charge in [0.1, 0.15) is 23.0 Å². The van der Waals surface area contributed by atoms with E-state index >= 15 is 0 Å². The van der Waals surface area contributed by atoms with Crippen molar-refractivity contribution in [3.8, 4) is 23.0 Å². The molecule has 40 heavy (non-hydrogen) atoms. The van der Waals surface area contributed by atoms with Gasteiger partial charge in [0.2, 0.25) is 0 Å². The molecule has 0 saturated heterocycles. The molecule has 0 atom stereocenters. The first-order chi connectivity index (χ1) is 19.3. The number of ether oxygens (including phenoxy) is 2. The van der Waals surface area contributed by atoms with Crippen LogP contribution in [0.3, 0.4) is 0 Å². The van der Waals surface area contributed by atoms with Crippen LogP contribution in [0.25, 0.3) is 0 Å². The van der Waals surface area contributed by atoms with Crippen molar-refractivity contribution in [1.29, 1.82) is 0 Å². The summed E-state index contributed by atoms with van der Waals surface area (Å²) in [4.78, 5) is 27.6. The van der Waals surface area contributed by atoms with Gasteiger partial charge in [-0.3, -0.25) is 9.59 Å². The van der Waals surface area contributed by atoms with Crippen molar-refractivity contribution in [2.45, 2.75) is 13.8 Å². The molecule has 0 amide bonds. The van der Waals surface area contributed by atoms with Gasteiger partial charge in [-0.05, 0) is 74.5 Å². The lowest BCUT2D eigenvalue weighted by Gasteiger charge is -2.17. The van der Waals surface area contributed by atoms with Crippen molar-refractivity contribution in [2.75, 3.05) is 11.5 Å². The zero-order valence-corrected chi connectivity index (χ0v) is 22.2.